The van der Waals surface area contributed by atoms with Crippen molar-refractivity contribution in [2.45, 2.75) is 20.1 Å². The minimum Gasteiger partial charge on any atom is -0.480 e. The summed E-state index contributed by atoms with van der Waals surface area (Å²) in [5.74, 6) is -0.299. The fourth-order valence-corrected chi connectivity index (χ4v) is 3.48. The van der Waals surface area contributed by atoms with Gasteiger partial charge in [-0.1, -0.05) is 65.1 Å². The number of carbonyl (C=O) groups is 2. The number of hydrogen-bond donors (Lipinski definition) is 0. The van der Waals surface area contributed by atoms with Gasteiger partial charge in [-0.3, -0.25) is 0 Å². The Labute approximate surface area is 212 Å². The monoisotopic (exact) mass is 522 g/mol. The van der Waals surface area contributed by atoms with Crippen LogP contribution in [0.15, 0.2) is 60.7 Å². The molecule has 0 aliphatic heterocycles. The molecule has 0 aliphatic carbocycles. The van der Waals surface area contributed by atoms with Crippen molar-refractivity contribution < 1.29 is 28.5 Å². The molecule has 34 heavy (non-hydrogen) atoms. The Balaban J connectivity index is 1.37. The first-order chi connectivity index (χ1) is 16.3. The first-order valence-corrected chi connectivity index (χ1v) is 11.3. The Hall–Kier alpha value is -2.93. The summed E-state index contributed by atoms with van der Waals surface area (Å²) in [6.45, 7) is 1.53. The second-order valence-corrected chi connectivity index (χ2v) is 8.47. The van der Waals surface area contributed by atoms with Crippen molar-refractivity contribution in [3.05, 3.63) is 92.4 Å². The lowest BCUT2D eigenvalue weighted by molar-refractivity contribution is -0.148. The zero-order valence-electron chi connectivity index (χ0n) is 18.2. The van der Waals surface area contributed by atoms with Crippen molar-refractivity contribution in [1.29, 1.82) is 0 Å². The van der Waals surface area contributed by atoms with Gasteiger partial charge in [-0.15, -0.1) is 0 Å². The lowest BCUT2D eigenvalue weighted by Crippen LogP contribution is -2.15. The van der Waals surface area contributed by atoms with E-state index in [0.717, 1.165) is 16.7 Å². The molecule has 0 unspecified atom stereocenters. The topological polar surface area (TPSA) is 71.1 Å². The molecule has 0 bridgehead atoms. The third kappa shape index (κ3) is 8.13. The molecule has 0 aliphatic rings. The van der Waals surface area contributed by atoms with E-state index < -0.39 is 11.9 Å². The maximum absolute atomic E-state index is 11.9. The van der Waals surface area contributed by atoms with E-state index in [9.17, 15) is 9.59 Å². The summed E-state index contributed by atoms with van der Waals surface area (Å²) < 4.78 is 21.2. The van der Waals surface area contributed by atoms with Crippen LogP contribution < -0.4 is 9.47 Å². The Morgan fingerprint density at radius 3 is 1.62 bits per heavy atom. The molecule has 0 saturated carbocycles. The van der Waals surface area contributed by atoms with Gasteiger partial charge in [-0.05, 0) is 53.9 Å². The van der Waals surface area contributed by atoms with Crippen molar-refractivity contribution >= 4 is 46.7 Å². The summed E-state index contributed by atoms with van der Waals surface area (Å²) in [7, 11) is 0. The van der Waals surface area contributed by atoms with Crippen LogP contribution in [0.4, 0.5) is 0 Å². The third-order valence-corrected chi connectivity index (χ3v) is 5.32. The molecule has 3 aromatic carbocycles. The summed E-state index contributed by atoms with van der Waals surface area (Å²) in [6, 6.07) is 17.1. The molecule has 0 spiro atoms. The fraction of sp³-hybridized carbons (Fsp3) is 0.200. The van der Waals surface area contributed by atoms with Crippen LogP contribution in [0.2, 0.25) is 15.1 Å². The highest BCUT2D eigenvalue weighted by atomic mass is 35.5. The van der Waals surface area contributed by atoms with E-state index in [0.29, 0.717) is 26.6 Å². The Kier molecular flexibility index (Phi) is 9.45. The molecule has 3 rings (SSSR count). The van der Waals surface area contributed by atoms with E-state index in [1.807, 2.05) is 13.0 Å². The van der Waals surface area contributed by atoms with Crippen LogP contribution in [0.5, 0.6) is 11.5 Å². The maximum atomic E-state index is 11.9. The predicted molar refractivity (Wildman–Crippen MR) is 130 cm³/mol. The summed E-state index contributed by atoms with van der Waals surface area (Å²) in [4.78, 5) is 23.9. The molecule has 9 heteroatoms. The van der Waals surface area contributed by atoms with Gasteiger partial charge in [-0.2, -0.15) is 0 Å². The second kappa shape index (κ2) is 12.5. The van der Waals surface area contributed by atoms with Crippen molar-refractivity contribution in [1.82, 2.24) is 0 Å². The van der Waals surface area contributed by atoms with Gasteiger partial charge < -0.3 is 18.9 Å². The van der Waals surface area contributed by atoms with E-state index in [4.69, 9.17) is 53.8 Å². The van der Waals surface area contributed by atoms with Crippen LogP contribution >= 0.6 is 34.8 Å². The summed E-state index contributed by atoms with van der Waals surface area (Å²) in [5, 5.41) is 1.21. The summed E-state index contributed by atoms with van der Waals surface area (Å²) in [6.07, 6.45) is 0. The number of hydrogen-bond acceptors (Lipinski definition) is 6. The molecule has 0 atom stereocenters. The minimum absolute atomic E-state index is 0.0712. The smallest absolute Gasteiger partial charge is 0.344 e. The van der Waals surface area contributed by atoms with Crippen LogP contribution in [-0.2, 0) is 32.3 Å². The highest BCUT2D eigenvalue weighted by molar-refractivity contribution is 6.35. The van der Waals surface area contributed by atoms with Crippen molar-refractivity contribution in [2.24, 2.45) is 0 Å². The molecule has 0 heterocycles. The highest BCUT2D eigenvalue weighted by Crippen LogP contribution is 2.27. The number of halogens is 3. The first kappa shape index (κ1) is 25.7. The van der Waals surface area contributed by atoms with E-state index in [2.05, 4.69) is 0 Å². The van der Waals surface area contributed by atoms with Crippen molar-refractivity contribution in [3.8, 4) is 11.5 Å². The zero-order valence-corrected chi connectivity index (χ0v) is 20.5. The standard InChI is InChI=1S/C25H21Cl3O6/c1-16-2-8-22(20(27)10-16)31-14-24(29)33-12-17-3-5-18(6-4-17)13-34-25(30)15-32-23-9-7-19(26)11-21(23)28/h2-11H,12-15H2,1H3. The van der Waals surface area contributed by atoms with Gasteiger partial charge in [0.25, 0.3) is 0 Å². The molecule has 3 aromatic rings. The normalized spacial score (nSPS) is 10.5. The van der Waals surface area contributed by atoms with Crippen LogP contribution in [-0.4, -0.2) is 25.2 Å². The molecule has 178 valence electrons. The maximum Gasteiger partial charge on any atom is 0.344 e. The lowest BCUT2D eigenvalue weighted by Gasteiger charge is -2.10. The largest absolute Gasteiger partial charge is 0.480 e. The predicted octanol–water partition coefficient (Wildman–Crippen LogP) is 6.20. The molecular weight excluding hydrogens is 503 g/mol. The molecule has 6 nitrogen and oxygen atoms in total. The number of ether oxygens (including phenoxy) is 4. The van der Waals surface area contributed by atoms with Gasteiger partial charge in [-0.25, -0.2) is 9.59 Å². The molecule has 0 fully saturated rings. The molecular formula is C25H21Cl3O6. The van der Waals surface area contributed by atoms with E-state index in [1.165, 1.54) is 6.07 Å². The Morgan fingerprint density at radius 1 is 0.676 bits per heavy atom. The number of esters is 2. The SMILES string of the molecule is Cc1ccc(OCC(=O)OCc2ccc(COC(=O)COc3ccc(Cl)cc3Cl)cc2)c(Cl)c1. The minimum atomic E-state index is -0.544. The molecule has 0 aromatic heterocycles. The molecule has 0 amide bonds. The number of rotatable bonds is 10. The first-order valence-electron chi connectivity index (χ1n) is 10.2. The quantitative estimate of drug-likeness (QED) is 0.295. The van der Waals surface area contributed by atoms with Gasteiger partial charge in [0.1, 0.15) is 24.7 Å². The van der Waals surface area contributed by atoms with Crippen molar-refractivity contribution in [2.75, 3.05) is 13.2 Å². The van der Waals surface area contributed by atoms with E-state index >= 15 is 0 Å². The average Bonchev–Trinajstić information content (AvgIpc) is 2.81. The summed E-state index contributed by atoms with van der Waals surface area (Å²) in [5.41, 5.74) is 2.54. The van der Waals surface area contributed by atoms with E-state index in [1.54, 1.807) is 48.5 Å². The lowest BCUT2D eigenvalue weighted by atomic mass is 10.1. The molecule has 0 N–H and O–H groups in total. The average molecular weight is 524 g/mol. The van der Waals surface area contributed by atoms with Crippen LogP contribution in [0.1, 0.15) is 16.7 Å². The Morgan fingerprint density at radius 2 is 1.15 bits per heavy atom. The van der Waals surface area contributed by atoms with Gasteiger partial charge in [0.2, 0.25) is 0 Å². The fourth-order valence-electron chi connectivity index (χ4n) is 2.73. The number of benzene rings is 3. The van der Waals surface area contributed by atoms with Gasteiger partial charge in [0.05, 0.1) is 10.0 Å². The van der Waals surface area contributed by atoms with Gasteiger partial charge >= 0.3 is 11.9 Å². The third-order valence-electron chi connectivity index (χ3n) is 4.49. The Bertz CT molecular complexity index is 1060. The summed E-state index contributed by atoms with van der Waals surface area (Å²) >= 11 is 17.9. The highest BCUT2D eigenvalue weighted by Gasteiger charge is 2.10. The molecule has 0 saturated heterocycles. The second-order valence-electron chi connectivity index (χ2n) is 7.22. The van der Waals surface area contributed by atoms with Crippen LogP contribution in [0.25, 0.3) is 0 Å². The van der Waals surface area contributed by atoms with Crippen LogP contribution in [0, 0.1) is 6.92 Å². The van der Waals surface area contributed by atoms with Crippen molar-refractivity contribution in [3.63, 3.8) is 0 Å². The number of carbonyl (C=O) groups excluding carboxylic acids is 2. The number of aryl methyl sites for hydroxylation is 1. The van der Waals surface area contributed by atoms with Crippen LogP contribution in [0.3, 0.4) is 0 Å². The van der Waals surface area contributed by atoms with E-state index in [-0.39, 0.29) is 26.4 Å². The van der Waals surface area contributed by atoms with Gasteiger partial charge in [0, 0.05) is 5.02 Å². The zero-order chi connectivity index (χ0) is 24.5. The molecule has 0 radical (unpaired) electrons. The van der Waals surface area contributed by atoms with Gasteiger partial charge in [0.15, 0.2) is 13.2 Å².